The molecule has 2 rings (SSSR count). The first-order valence-corrected chi connectivity index (χ1v) is 6.38. The highest BCUT2D eigenvalue weighted by atomic mass is 32.1. The van der Waals surface area contributed by atoms with Gasteiger partial charge < -0.3 is 4.74 Å². The summed E-state index contributed by atoms with van der Waals surface area (Å²) in [6.07, 6.45) is -0.403. The predicted molar refractivity (Wildman–Crippen MR) is 69.3 cm³/mol. The molecule has 0 saturated heterocycles. The van der Waals surface area contributed by atoms with E-state index >= 15 is 0 Å². The lowest BCUT2D eigenvalue weighted by atomic mass is 10.1. The van der Waals surface area contributed by atoms with Crippen LogP contribution < -0.4 is 0 Å². The van der Waals surface area contributed by atoms with E-state index in [1.165, 1.54) is 0 Å². The van der Waals surface area contributed by atoms with Gasteiger partial charge in [-0.25, -0.2) is 0 Å². The van der Waals surface area contributed by atoms with Crippen molar-refractivity contribution < 1.29 is 9.53 Å². The Balaban J connectivity index is 1.92. The maximum atomic E-state index is 12.0. The van der Waals surface area contributed by atoms with Crippen molar-refractivity contribution in [3.05, 3.63) is 58.3 Å². The maximum Gasteiger partial charge on any atom is 0.191 e. The second-order valence-corrected chi connectivity index (χ2v) is 4.80. The lowest BCUT2D eigenvalue weighted by molar-refractivity contribution is 0.0420. The minimum Gasteiger partial charge on any atom is -0.365 e. The monoisotopic (exact) mass is 246 g/mol. The number of thiophene rings is 1. The summed E-state index contributed by atoms with van der Waals surface area (Å²) in [5, 5.41) is 2.00. The van der Waals surface area contributed by atoms with Gasteiger partial charge in [-0.3, -0.25) is 4.79 Å². The van der Waals surface area contributed by atoms with Gasteiger partial charge in [0.1, 0.15) is 6.10 Å². The third-order valence-corrected chi connectivity index (χ3v) is 3.33. The molecule has 2 nitrogen and oxygen atoms in total. The number of hydrogen-bond acceptors (Lipinski definition) is 3. The molecule has 0 radical (unpaired) electrons. The van der Waals surface area contributed by atoms with Crippen LogP contribution in [0.5, 0.6) is 0 Å². The first-order valence-electron chi connectivity index (χ1n) is 5.50. The van der Waals surface area contributed by atoms with Gasteiger partial charge in [0.2, 0.25) is 0 Å². The molecule has 0 fully saturated rings. The third kappa shape index (κ3) is 3.25. The summed E-state index contributed by atoms with van der Waals surface area (Å²) in [4.78, 5) is 13.1. The Labute approximate surface area is 105 Å². The van der Waals surface area contributed by atoms with Gasteiger partial charge in [-0.05, 0) is 18.4 Å². The van der Waals surface area contributed by atoms with E-state index in [2.05, 4.69) is 0 Å². The highest BCUT2D eigenvalue weighted by Gasteiger charge is 2.15. The van der Waals surface area contributed by atoms with Crippen LogP contribution in [0, 0.1) is 0 Å². The Bertz CT molecular complexity index is 462. The molecular formula is C14H14O2S. The molecule has 2 aromatic rings. The molecule has 1 aromatic carbocycles. The summed E-state index contributed by atoms with van der Waals surface area (Å²) in [6, 6.07) is 13.2. The van der Waals surface area contributed by atoms with E-state index < -0.39 is 6.10 Å². The first kappa shape index (κ1) is 12.0. The van der Waals surface area contributed by atoms with Crippen LogP contribution in [-0.4, -0.2) is 11.9 Å². The topological polar surface area (TPSA) is 26.3 Å². The largest absolute Gasteiger partial charge is 0.365 e. The van der Waals surface area contributed by atoms with Gasteiger partial charge in [-0.1, -0.05) is 36.4 Å². The number of hydrogen-bond donors (Lipinski definition) is 0. The molecule has 0 spiro atoms. The van der Waals surface area contributed by atoms with E-state index in [1.54, 1.807) is 18.3 Å². The van der Waals surface area contributed by atoms with E-state index in [9.17, 15) is 4.79 Å². The fraction of sp³-hybridized carbons (Fsp3) is 0.214. The number of carbonyl (C=O) groups is 1. The number of benzene rings is 1. The smallest absolute Gasteiger partial charge is 0.191 e. The molecule has 0 bridgehead atoms. The lowest BCUT2D eigenvalue weighted by Gasteiger charge is -2.11. The van der Waals surface area contributed by atoms with Crippen molar-refractivity contribution in [3.8, 4) is 0 Å². The molecule has 0 aliphatic heterocycles. The Morgan fingerprint density at radius 3 is 2.65 bits per heavy atom. The summed E-state index contributed by atoms with van der Waals surface area (Å²) in [5.74, 6) is 0.0298. The molecule has 0 amide bonds. The molecule has 0 aliphatic rings. The van der Waals surface area contributed by atoms with Crippen LogP contribution in [0.1, 0.15) is 22.2 Å². The van der Waals surface area contributed by atoms with Crippen molar-refractivity contribution in [2.24, 2.45) is 0 Å². The highest BCUT2D eigenvalue weighted by molar-refractivity contribution is 7.09. The van der Waals surface area contributed by atoms with E-state index in [1.807, 2.05) is 47.8 Å². The Hall–Kier alpha value is -1.45. The second kappa shape index (κ2) is 5.75. The molecule has 1 unspecified atom stereocenters. The van der Waals surface area contributed by atoms with Crippen LogP contribution in [0.25, 0.3) is 0 Å². The summed E-state index contributed by atoms with van der Waals surface area (Å²) in [7, 11) is 0. The van der Waals surface area contributed by atoms with Crippen LogP contribution in [0.4, 0.5) is 0 Å². The Morgan fingerprint density at radius 2 is 2.00 bits per heavy atom. The normalized spacial score (nSPS) is 12.3. The van der Waals surface area contributed by atoms with Crippen LogP contribution >= 0.6 is 11.3 Å². The van der Waals surface area contributed by atoms with E-state index in [-0.39, 0.29) is 5.78 Å². The number of ketones is 1. The Morgan fingerprint density at radius 1 is 1.24 bits per heavy atom. The van der Waals surface area contributed by atoms with Crippen molar-refractivity contribution in [2.45, 2.75) is 19.6 Å². The zero-order chi connectivity index (χ0) is 12.1. The van der Waals surface area contributed by atoms with Gasteiger partial charge in [0, 0.05) is 10.4 Å². The molecule has 3 heteroatoms. The van der Waals surface area contributed by atoms with Crippen LogP contribution in [0.3, 0.4) is 0 Å². The standard InChI is InChI=1S/C14H14O2S/c1-11(16-10-13-8-5-9-17-13)14(15)12-6-3-2-4-7-12/h2-9,11H,10H2,1H3. The quantitative estimate of drug-likeness (QED) is 0.754. The molecule has 1 aromatic heterocycles. The molecule has 0 aliphatic carbocycles. The zero-order valence-corrected chi connectivity index (χ0v) is 10.4. The molecule has 88 valence electrons. The summed E-state index contributed by atoms with van der Waals surface area (Å²) >= 11 is 1.64. The first-order chi connectivity index (χ1) is 8.27. The van der Waals surface area contributed by atoms with Crippen LogP contribution in [-0.2, 0) is 11.3 Å². The number of Topliss-reactive ketones (excluding diaryl/α,β-unsaturated/α-hetero) is 1. The van der Waals surface area contributed by atoms with Crippen LogP contribution in [0.15, 0.2) is 47.8 Å². The summed E-state index contributed by atoms with van der Waals surface area (Å²) in [6.45, 7) is 2.29. The second-order valence-electron chi connectivity index (χ2n) is 3.76. The fourth-order valence-corrected chi connectivity index (χ4v) is 2.14. The number of ether oxygens (including phenoxy) is 1. The summed E-state index contributed by atoms with van der Waals surface area (Å²) in [5.41, 5.74) is 0.700. The maximum absolute atomic E-state index is 12.0. The molecular weight excluding hydrogens is 232 g/mol. The fourth-order valence-electron chi connectivity index (χ4n) is 1.51. The predicted octanol–water partition coefficient (Wildman–Crippen LogP) is 3.54. The highest BCUT2D eigenvalue weighted by Crippen LogP contribution is 2.13. The van der Waals surface area contributed by atoms with Gasteiger partial charge in [0.15, 0.2) is 5.78 Å². The minimum atomic E-state index is -0.403. The van der Waals surface area contributed by atoms with Crippen molar-refractivity contribution in [1.29, 1.82) is 0 Å². The SMILES string of the molecule is CC(OCc1cccs1)C(=O)c1ccccc1. The van der Waals surface area contributed by atoms with E-state index in [4.69, 9.17) is 4.74 Å². The van der Waals surface area contributed by atoms with Crippen molar-refractivity contribution in [3.63, 3.8) is 0 Å². The van der Waals surface area contributed by atoms with Crippen molar-refractivity contribution in [2.75, 3.05) is 0 Å². The van der Waals surface area contributed by atoms with Crippen molar-refractivity contribution in [1.82, 2.24) is 0 Å². The van der Waals surface area contributed by atoms with Gasteiger partial charge >= 0.3 is 0 Å². The molecule has 0 N–H and O–H groups in total. The summed E-state index contributed by atoms with van der Waals surface area (Å²) < 4.78 is 5.56. The van der Waals surface area contributed by atoms with E-state index in [0.717, 1.165) is 4.88 Å². The third-order valence-electron chi connectivity index (χ3n) is 2.48. The van der Waals surface area contributed by atoms with Gasteiger partial charge in [0.25, 0.3) is 0 Å². The zero-order valence-electron chi connectivity index (χ0n) is 9.63. The molecule has 1 heterocycles. The van der Waals surface area contributed by atoms with Crippen LogP contribution in [0.2, 0.25) is 0 Å². The van der Waals surface area contributed by atoms with Gasteiger partial charge in [-0.2, -0.15) is 0 Å². The molecule has 17 heavy (non-hydrogen) atoms. The number of rotatable bonds is 5. The lowest BCUT2D eigenvalue weighted by Crippen LogP contribution is -2.20. The number of carbonyl (C=O) groups excluding carboxylic acids is 1. The molecule has 0 saturated carbocycles. The molecule has 1 atom stereocenters. The van der Waals surface area contributed by atoms with E-state index in [0.29, 0.717) is 12.2 Å². The average Bonchev–Trinajstić information content (AvgIpc) is 2.89. The van der Waals surface area contributed by atoms with Gasteiger partial charge in [-0.15, -0.1) is 11.3 Å². The average molecular weight is 246 g/mol. The Kier molecular flexibility index (Phi) is 4.07. The minimum absolute atomic E-state index is 0.0298. The van der Waals surface area contributed by atoms with Gasteiger partial charge in [0.05, 0.1) is 6.61 Å². The van der Waals surface area contributed by atoms with Crippen molar-refractivity contribution >= 4 is 17.1 Å².